The molecule has 0 saturated carbocycles. The monoisotopic (exact) mass is 198 g/mol. The normalized spacial score (nSPS) is 12.6. The van der Waals surface area contributed by atoms with Gasteiger partial charge < -0.3 is 14.5 Å². The van der Waals surface area contributed by atoms with Crippen LogP contribution in [0.5, 0.6) is 0 Å². The van der Waals surface area contributed by atoms with Gasteiger partial charge in [-0.2, -0.15) is 0 Å². The number of carbonyl (C=O) groups excluding carboxylic acids is 1. The van der Waals surface area contributed by atoms with E-state index in [1.165, 1.54) is 11.1 Å². The highest BCUT2D eigenvalue weighted by Crippen LogP contribution is 2.10. The number of aliphatic hydroxyl groups is 1. The van der Waals surface area contributed by atoms with Gasteiger partial charge >= 0.3 is 0 Å². The quantitative estimate of drug-likeness (QED) is 0.765. The van der Waals surface area contributed by atoms with Gasteiger partial charge in [0.05, 0.1) is 18.8 Å². The van der Waals surface area contributed by atoms with Crippen LogP contribution in [0.2, 0.25) is 0 Å². The highest BCUT2D eigenvalue weighted by atomic mass is 16.5. The molecule has 0 aliphatic carbocycles. The molecular weight excluding hydrogens is 184 g/mol. The van der Waals surface area contributed by atoms with Crippen molar-refractivity contribution in [3.8, 4) is 0 Å². The van der Waals surface area contributed by atoms with Crippen molar-refractivity contribution in [3.05, 3.63) is 17.5 Å². The second-order valence-electron chi connectivity index (χ2n) is 3.24. The minimum atomic E-state index is -0.211. The predicted octanol–water partition coefficient (Wildman–Crippen LogP) is 0.436. The molecule has 0 aromatic carbocycles. The predicted molar refractivity (Wildman–Crippen MR) is 49.9 cm³/mol. The molecule has 5 heteroatoms. The number of rotatable bonds is 3. The summed E-state index contributed by atoms with van der Waals surface area (Å²) in [6.45, 7) is 3.38. The molecule has 1 amide bonds. The smallest absolute Gasteiger partial charge is 0.259 e. The van der Waals surface area contributed by atoms with Gasteiger partial charge in [0.15, 0.2) is 0 Å². The summed E-state index contributed by atoms with van der Waals surface area (Å²) in [6, 6.07) is -0.211. The second-order valence-corrected chi connectivity index (χ2v) is 3.24. The topological polar surface area (TPSA) is 66.6 Å². The van der Waals surface area contributed by atoms with E-state index in [4.69, 9.17) is 9.63 Å². The minimum absolute atomic E-state index is 0.0629. The van der Waals surface area contributed by atoms with Gasteiger partial charge in [0.25, 0.3) is 5.91 Å². The van der Waals surface area contributed by atoms with Crippen molar-refractivity contribution in [2.75, 3.05) is 13.7 Å². The minimum Gasteiger partial charge on any atom is -0.394 e. The van der Waals surface area contributed by atoms with E-state index < -0.39 is 0 Å². The van der Waals surface area contributed by atoms with E-state index in [0.717, 1.165) is 0 Å². The summed E-state index contributed by atoms with van der Waals surface area (Å²) in [5, 5.41) is 12.4. The van der Waals surface area contributed by atoms with Gasteiger partial charge in [-0.25, -0.2) is 0 Å². The van der Waals surface area contributed by atoms with Gasteiger partial charge in [-0.05, 0) is 13.8 Å². The molecule has 0 aliphatic rings. The van der Waals surface area contributed by atoms with Crippen molar-refractivity contribution in [2.24, 2.45) is 0 Å². The summed E-state index contributed by atoms with van der Waals surface area (Å²) >= 11 is 0. The van der Waals surface area contributed by atoms with Gasteiger partial charge in [-0.15, -0.1) is 0 Å². The average molecular weight is 198 g/mol. The van der Waals surface area contributed by atoms with E-state index in [1.54, 1.807) is 20.9 Å². The average Bonchev–Trinajstić information content (AvgIpc) is 2.61. The van der Waals surface area contributed by atoms with Crippen LogP contribution in [0.1, 0.15) is 23.0 Å². The second kappa shape index (κ2) is 4.23. The van der Waals surface area contributed by atoms with E-state index in [-0.39, 0.29) is 18.6 Å². The summed E-state index contributed by atoms with van der Waals surface area (Å²) in [7, 11) is 1.63. The van der Waals surface area contributed by atoms with Crippen molar-refractivity contribution >= 4 is 5.91 Å². The molecule has 0 aliphatic heterocycles. The first-order valence-corrected chi connectivity index (χ1v) is 4.37. The Balaban J connectivity index is 2.81. The molecule has 1 rings (SSSR count). The number of nitrogens with zero attached hydrogens (tertiary/aromatic N) is 2. The molecule has 78 valence electrons. The van der Waals surface area contributed by atoms with Gasteiger partial charge in [0, 0.05) is 7.05 Å². The molecule has 1 atom stereocenters. The molecule has 1 N–H and O–H groups in total. The first-order valence-electron chi connectivity index (χ1n) is 4.37. The standard InChI is InChI=1S/C9H14N2O3/c1-6(5-12)11(3)9(13)8-4-10-14-7(8)2/h4,6,12H,5H2,1-3H3. The van der Waals surface area contributed by atoms with Gasteiger partial charge in [-0.3, -0.25) is 4.79 Å². The van der Waals surface area contributed by atoms with Crippen molar-refractivity contribution in [1.29, 1.82) is 0 Å². The highest BCUT2D eigenvalue weighted by Gasteiger charge is 2.20. The molecule has 1 aromatic rings. The number of likely N-dealkylation sites (N-methyl/N-ethyl adjacent to an activating group) is 1. The van der Waals surface area contributed by atoms with E-state index in [0.29, 0.717) is 11.3 Å². The summed E-state index contributed by atoms with van der Waals surface area (Å²) in [4.78, 5) is 13.2. The number of aliphatic hydroxyl groups excluding tert-OH is 1. The molecule has 5 nitrogen and oxygen atoms in total. The third kappa shape index (κ3) is 1.93. The molecular formula is C9H14N2O3. The molecule has 1 heterocycles. The van der Waals surface area contributed by atoms with Gasteiger partial charge in [0.2, 0.25) is 0 Å². The van der Waals surface area contributed by atoms with E-state index in [2.05, 4.69) is 5.16 Å². The molecule has 0 fully saturated rings. The van der Waals surface area contributed by atoms with Crippen molar-refractivity contribution in [1.82, 2.24) is 10.1 Å². The Hall–Kier alpha value is -1.36. The van der Waals surface area contributed by atoms with Gasteiger partial charge in [0.1, 0.15) is 11.3 Å². The van der Waals surface area contributed by atoms with Crippen LogP contribution < -0.4 is 0 Å². The molecule has 0 saturated heterocycles. The number of aryl methyl sites for hydroxylation is 1. The summed E-state index contributed by atoms with van der Waals surface area (Å²) in [5.41, 5.74) is 0.438. The Bertz CT molecular complexity index is 322. The molecule has 14 heavy (non-hydrogen) atoms. The summed E-state index contributed by atoms with van der Waals surface area (Å²) in [6.07, 6.45) is 1.39. The Morgan fingerprint density at radius 2 is 2.43 bits per heavy atom. The number of carbonyl (C=O) groups is 1. The van der Waals surface area contributed by atoms with Crippen LogP contribution in [0.3, 0.4) is 0 Å². The highest BCUT2D eigenvalue weighted by molar-refractivity contribution is 5.94. The number of hydrogen-bond acceptors (Lipinski definition) is 4. The lowest BCUT2D eigenvalue weighted by atomic mass is 10.2. The maximum atomic E-state index is 11.7. The summed E-state index contributed by atoms with van der Waals surface area (Å²) < 4.78 is 4.79. The fourth-order valence-corrected chi connectivity index (χ4v) is 1.02. The Kier molecular flexibility index (Phi) is 3.24. The lowest BCUT2D eigenvalue weighted by Gasteiger charge is -2.22. The molecule has 0 radical (unpaired) electrons. The first-order chi connectivity index (χ1) is 6.57. The van der Waals surface area contributed by atoms with E-state index in [9.17, 15) is 4.79 Å². The Morgan fingerprint density at radius 3 is 2.86 bits per heavy atom. The fourth-order valence-electron chi connectivity index (χ4n) is 1.02. The first kappa shape index (κ1) is 10.7. The fraction of sp³-hybridized carbons (Fsp3) is 0.556. The largest absolute Gasteiger partial charge is 0.394 e. The SMILES string of the molecule is Cc1oncc1C(=O)N(C)C(C)CO. The van der Waals surface area contributed by atoms with Crippen LogP contribution in [0.15, 0.2) is 10.7 Å². The Morgan fingerprint density at radius 1 is 1.79 bits per heavy atom. The van der Waals surface area contributed by atoms with E-state index in [1.807, 2.05) is 0 Å². The third-order valence-electron chi connectivity index (χ3n) is 2.23. The van der Waals surface area contributed by atoms with Crippen LogP contribution in [0.25, 0.3) is 0 Å². The molecule has 0 bridgehead atoms. The zero-order valence-electron chi connectivity index (χ0n) is 8.52. The van der Waals surface area contributed by atoms with E-state index >= 15 is 0 Å². The number of amides is 1. The van der Waals surface area contributed by atoms with Gasteiger partial charge in [-0.1, -0.05) is 5.16 Å². The zero-order valence-corrected chi connectivity index (χ0v) is 8.52. The Labute approximate surface area is 82.3 Å². The lowest BCUT2D eigenvalue weighted by molar-refractivity contribution is 0.0680. The van der Waals surface area contributed by atoms with Crippen LogP contribution in [-0.2, 0) is 0 Å². The van der Waals surface area contributed by atoms with Crippen LogP contribution in [0, 0.1) is 6.92 Å². The zero-order chi connectivity index (χ0) is 10.7. The lowest BCUT2D eigenvalue weighted by Crippen LogP contribution is -2.37. The maximum Gasteiger partial charge on any atom is 0.259 e. The third-order valence-corrected chi connectivity index (χ3v) is 2.23. The van der Waals surface area contributed by atoms with Crippen LogP contribution in [-0.4, -0.2) is 40.8 Å². The van der Waals surface area contributed by atoms with Crippen molar-refractivity contribution in [2.45, 2.75) is 19.9 Å². The maximum absolute atomic E-state index is 11.7. The van der Waals surface area contributed by atoms with Crippen LogP contribution in [0.4, 0.5) is 0 Å². The molecule has 1 aromatic heterocycles. The van der Waals surface area contributed by atoms with Crippen molar-refractivity contribution < 1.29 is 14.4 Å². The number of hydrogen-bond donors (Lipinski definition) is 1. The van der Waals surface area contributed by atoms with Crippen molar-refractivity contribution in [3.63, 3.8) is 0 Å². The number of aromatic nitrogens is 1. The summed E-state index contributed by atoms with van der Waals surface area (Å²) in [5.74, 6) is 0.303. The molecule has 1 unspecified atom stereocenters. The van der Waals surface area contributed by atoms with Crippen LogP contribution >= 0.6 is 0 Å². The molecule has 0 spiro atoms.